The topological polar surface area (TPSA) is 101 Å². The molecule has 3 saturated carbocycles. The fourth-order valence-electron chi connectivity index (χ4n) is 7.50. The van der Waals surface area contributed by atoms with Gasteiger partial charge >= 0.3 is 5.97 Å². The Bertz CT molecular complexity index is 858. The van der Waals surface area contributed by atoms with E-state index in [4.69, 9.17) is 4.74 Å². The van der Waals surface area contributed by atoms with E-state index in [1.165, 1.54) is 6.92 Å². The van der Waals surface area contributed by atoms with E-state index >= 15 is 0 Å². The van der Waals surface area contributed by atoms with Gasteiger partial charge < -0.3 is 14.9 Å². The Hall–Kier alpha value is -1.79. The van der Waals surface area contributed by atoms with Gasteiger partial charge in [-0.3, -0.25) is 14.4 Å². The zero-order chi connectivity index (χ0) is 22.1. The molecule has 30 heavy (non-hydrogen) atoms. The van der Waals surface area contributed by atoms with E-state index in [0.29, 0.717) is 19.3 Å². The Morgan fingerprint density at radius 2 is 2.00 bits per heavy atom. The molecule has 164 valence electrons. The second-order valence-corrected chi connectivity index (χ2v) is 10.3. The molecule has 0 heterocycles. The van der Waals surface area contributed by atoms with Crippen LogP contribution in [0.15, 0.2) is 23.8 Å². The molecule has 0 aromatic carbocycles. The van der Waals surface area contributed by atoms with Crippen molar-refractivity contribution in [2.24, 2.45) is 34.5 Å². The third kappa shape index (κ3) is 2.79. The monoisotopic (exact) mass is 416 g/mol. The maximum absolute atomic E-state index is 12.9. The second kappa shape index (κ2) is 6.86. The normalized spacial score (nSPS) is 47.1. The van der Waals surface area contributed by atoms with Crippen molar-refractivity contribution in [3.63, 3.8) is 0 Å². The summed E-state index contributed by atoms with van der Waals surface area (Å²) >= 11 is 0. The van der Waals surface area contributed by atoms with E-state index in [0.717, 1.165) is 12.0 Å². The van der Waals surface area contributed by atoms with Gasteiger partial charge in [0.05, 0.1) is 6.10 Å². The van der Waals surface area contributed by atoms with Crippen LogP contribution in [0.5, 0.6) is 0 Å². The van der Waals surface area contributed by atoms with Gasteiger partial charge in [-0.2, -0.15) is 0 Å². The van der Waals surface area contributed by atoms with E-state index in [9.17, 15) is 24.6 Å². The number of carbonyl (C=O) groups is 3. The van der Waals surface area contributed by atoms with Crippen molar-refractivity contribution in [3.05, 3.63) is 23.8 Å². The Morgan fingerprint density at radius 3 is 2.67 bits per heavy atom. The van der Waals surface area contributed by atoms with Crippen LogP contribution in [0.1, 0.15) is 53.4 Å². The number of aliphatic hydroxyl groups excluding tert-OH is 1. The van der Waals surface area contributed by atoms with Crippen LogP contribution in [0.25, 0.3) is 0 Å². The lowest BCUT2D eigenvalue weighted by Crippen LogP contribution is -2.62. The van der Waals surface area contributed by atoms with Gasteiger partial charge in [0.2, 0.25) is 5.78 Å². The number of rotatable bonds is 3. The predicted octanol–water partition coefficient (Wildman–Crippen LogP) is 2.37. The Labute approximate surface area is 177 Å². The van der Waals surface area contributed by atoms with Crippen molar-refractivity contribution < 1.29 is 29.3 Å². The first-order valence-corrected chi connectivity index (χ1v) is 11.0. The van der Waals surface area contributed by atoms with E-state index in [1.807, 2.05) is 13.0 Å². The fourth-order valence-corrected chi connectivity index (χ4v) is 7.50. The molecule has 0 aliphatic heterocycles. The number of aliphatic hydroxyl groups is 2. The average Bonchev–Trinajstić information content (AvgIpc) is 2.93. The lowest BCUT2D eigenvalue weighted by atomic mass is 9.45. The van der Waals surface area contributed by atoms with E-state index in [1.54, 1.807) is 12.2 Å². The molecular formula is C24H32O6. The predicted molar refractivity (Wildman–Crippen MR) is 109 cm³/mol. The molecule has 0 spiro atoms. The summed E-state index contributed by atoms with van der Waals surface area (Å²) in [4.78, 5) is 36.1. The second-order valence-electron chi connectivity index (χ2n) is 10.3. The highest BCUT2D eigenvalue weighted by atomic mass is 16.5. The summed E-state index contributed by atoms with van der Waals surface area (Å²) < 4.78 is 4.89. The minimum absolute atomic E-state index is 0.00535. The number of ketones is 2. The van der Waals surface area contributed by atoms with Crippen molar-refractivity contribution in [2.45, 2.75) is 65.1 Å². The molecule has 4 aliphatic carbocycles. The number of hydrogen-bond acceptors (Lipinski definition) is 6. The fraction of sp³-hybridized carbons (Fsp3) is 0.708. The van der Waals surface area contributed by atoms with Crippen LogP contribution in [0.2, 0.25) is 0 Å². The van der Waals surface area contributed by atoms with Crippen LogP contribution in [-0.2, 0) is 19.1 Å². The summed E-state index contributed by atoms with van der Waals surface area (Å²) in [6, 6.07) is 0. The first-order valence-electron chi connectivity index (χ1n) is 11.0. The van der Waals surface area contributed by atoms with Crippen molar-refractivity contribution in [1.82, 2.24) is 0 Å². The number of carbonyl (C=O) groups excluding carboxylic acids is 3. The highest BCUT2D eigenvalue weighted by molar-refractivity contribution is 6.01. The molecule has 4 rings (SSSR count). The smallest absolute Gasteiger partial charge is 0.303 e. The zero-order valence-corrected chi connectivity index (χ0v) is 18.2. The molecular weight excluding hydrogens is 384 g/mol. The molecule has 0 aromatic heterocycles. The maximum atomic E-state index is 12.9. The number of hydrogen-bond donors (Lipinski definition) is 2. The van der Waals surface area contributed by atoms with E-state index in [-0.39, 0.29) is 29.5 Å². The van der Waals surface area contributed by atoms with Gasteiger partial charge in [0.1, 0.15) is 5.60 Å². The Kier molecular flexibility index (Phi) is 4.90. The molecule has 0 aromatic rings. The SMILES string of the molecule is CC(=O)OCC(=O)[C@@]1(O)CC[C@@H]2[C@@H]3C[C@H](C)C4=CC(=O)C=C[C@]4(C)[C@H]3[C@@H](O)C[C@@]21C. The maximum Gasteiger partial charge on any atom is 0.303 e. The Morgan fingerprint density at radius 1 is 1.30 bits per heavy atom. The van der Waals surface area contributed by atoms with Gasteiger partial charge in [-0.05, 0) is 55.6 Å². The first-order chi connectivity index (χ1) is 13.9. The standard InChI is InChI=1S/C24H32O6/c1-13-9-16-17-6-8-24(29,20(28)12-30-14(2)25)23(17,4)11-19(27)21(16)22(3)7-5-15(26)10-18(13)22/h5,7,10,13,16-17,19,21,27,29H,6,8-9,11-12H2,1-4H3/t13-,16-,17+,19-,21+,22-,23-,24-/m0/s1. The summed E-state index contributed by atoms with van der Waals surface area (Å²) in [5.74, 6) is -0.712. The number of Topliss-reactive ketones (excluding diaryl/α,β-unsaturated/α-hetero) is 1. The lowest BCUT2D eigenvalue weighted by Gasteiger charge is -2.60. The number of ether oxygens (including phenoxy) is 1. The van der Waals surface area contributed by atoms with E-state index < -0.39 is 40.9 Å². The van der Waals surface area contributed by atoms with Crippen molar-refractivity contribution >= 4 is 17.5 Å². The van der Waals surface area contributed by atoms with Crippen LogP contribution in [-0.4, -0.2) is 46.1 Å². The molecule has 3 fully saturated rings. The molecule has 8 atom stereocenters. The van der Waals surface area contributed by atoms with E-state index in [2.05, 4.69) is 13.8 Å². The summed E-state index contributed by atoms with van der Waals surface area (Å²) in [6.45, 7) is 6.94. The minimum atomic E-state index is -1.61. The van der Waals surface area contributed by atoms with Crippen LogP contribution >= 0.6 is 0 Å². The van der Waals surface area contributed by atoms with Crippen molar-refractivity contribution in [2.75, 3.05) is 6.61 Å². The number of allylic oxidation sites excluding steroid dienone is 4. The van der Waals surface area contributed by atoms with Gasteiger partial charge in [0.15, 0.2) is 12.4 Å². The largest absolute Gasteiger partial charge is 0.458 e. The molecule has 0 unspecified atom stereocenters. The molecule has 0 radical (unpaired) electrons. The quantitative estimate of drug-likeness (QED) is 0.685. The van der Waals surface area contributed by atoms with Crippen LogP contribution in [0, 0.1) is 34.5 Å². The number of esters is 1. The van der Waals surface area contributed by atoms with Crippen molar-refractivity contribution in [3.8, 4) is 0 Å². The third-order valence-electron chi connectivity index (χ3n) is 8.84. The highest BCUT2D eigenvalue weighted by Gasteiger charge is 2.68. The van der Waals surface area contributed by atoms with Gasteiger partial charge in [0, 0.05) is 23.7 Å². The molecule has 0 bridgehead atoms. The van der Waals surface area contributed by atoms with Crippen molar-refractivity contribution in [1.29, 1.82) is 0 Å². The molecule has 6 heteroatoms. The number of fused-ring (bicyclic) bond motifs is 5. The molecule has 6 nitrogen and oxygen atoms in total. The van der Waals surface area contributed by atoms with Gasteiger partial charge in [-0.25, -0.2) is 0 Å². The molecule has 4 aliphatic rings. The molecule has 2 N–H and O–H groups in total. The van der Waals surface area contributed by atoms with Crippen LogP contribution in [0.4, 0.5) is 0 Å². The van der Waals surface area contributed by atoms with Crippen LogP contribution in [0.3, 0.4) is 0 Å². The molecule has 0 amide bonds. The minimum Gasteiger partial charge on any atom is -0.458 e. The zero-order valence-electron chi connectivity index (χ0n) is 18.2. The van der Waals surface area contributed by atoms with Gasteiger partial charge in [-0.1, -0.05) is 32.4 Å². The molecule has 0 saturated heterocycles. The average molecular weight is 417 g/mol. The summed E-state index contributed by atoms with van der Waals surface area (Å²) in [5.41, 5.74) is -1.72. The summed E-state index contributed by atoms with van der Waals surface area (Å²) in [6.07, 6.45) is 6.71. The third-order valence-corrected chi connectivity index (χ3v) is 8.84. The first kappa shape index (κ1) is 21.4. The summed E-state index contributed by atoms with van der Waals surface area (Å²) in [7, 11) is 0. The van der Waals surface area contributed by atoms with Gasteiger partial charge in [0.25, 0.3) is 0 Å². The highest BCUT2D eigenvalue weighted by Crippen LogP contribution is 2.67. The summed E-state index contributed by atoms with van der Waals surface area (Å²) in [5, 5.41) is 22.9. The Balaban J connectivity index is 1.70. The van der Waals surface area contributed by atoms with Gasteiger partial charge in [-0.15, -0.1) is 0 Å². The van der Waals surface area contributed by atoms with Crippen LogP contribution < -0.4 is 0 Å². The lowest BCUT2D eigenvalue weighted by molar-refractivity contribution is -0.182.